The van der Waals surface area contributed by atoms with Crippen LogP contribution >= 0.6 is 11.3 Å². The van der Waals surface area contributed by atoms with E-state index in [1.54, 1.807) is 14.0 Å². The number of ether oxygens (including phenoxy) is 4. The number of hydrogen-bond acceptors (Lipinski definition) is 10. The van der Waals surface area contributed by atoms with Crippen LogP contribution in [-0.2, 0) is 31.1 Å². The van der Waals surface area contributed by atoms with E-state index < -0.39 is 28.9 Å². The fraction of sp³-hybridized carbons (Fsp3) is 0.467. The lowest BCUT2D eigenvalue weighted by Gasteiger charge is -2.35. The number of hydrogen-bond donors (Lipinski definition) is 1. The molecule has 6 rings (SSSR count). The molecule has 1 aromatic carbocycles. The first-order chi connectivity index (χ1) is 20.9. The molecule has 0 radical (unpaired) electrons. The van der Waals surface area contributed by atoms with Crippen molar-refractivity contribution in [3.63, 3.8) is 0 Å². The summed E-state index contributed by atoms with van der Waals surface area (Å²) in [7, 11) is 1.57. The minimum atomic E-state index is -1.76. The van der Waals surface area contributed by atoms with E-state index in [-0.39, 0.29) is 44.1 Å². The summed E-state index contributed by atoms with van der Waals surface area (Å²) >= 11 is 1.21. The number of para-hydroxylation sites is 1. The Bertz CT molecular complexity index is 1730. The number of oxazole rings is 1. The Kier molecular flexibility index (Phi) is 8.23. The van der Waals surface area contributed by atoms with Crippen LogP contribution in [0.2, 0.25) is 0 Å². The third kappa shape index (κ3) is 5.20. The van der Waals surface area contributed by atoms with Crippen LogP contribution in [0.1, 0.15) is 42.9 Å². The average Bonchev–Trinajstić information content (AvgIpc) is 3.68. The van der Waals surface area contributed by atoms with Crippen molar-refractivity contribution >= 4 is 27.5 Å². The highest BCUT2D eigenvalue weighted by Gasteiger charge is 2.45. The molecule has 4 aromatic rings. The third-order valence-electron chi connectivity index (χ3n) is 8.34. The number of methoxy groups -OCH3 is 1. The van der Waals surface area contributed by atoms with Gasteiger partial charge in [-0.25, -0.2) is 19.1 Å². The summed E-state index contributed by atoms with van der Waals surface area (Å²) in [5, 5.41) is 10.7. The number of carboxylic acid groups (broad SMARTS) is 1. The number of aryl methyl sites for hydroxylation is 1. The molecular formula is C30H33N3O9S. The molecule has 0 bridgehead atoms. The van der Waals surface area contributed by atoms with Crippen molar-refractivity contribution < 1.29 is 33.3 Å². The van der Waals surface area contributed by atoms with Crippen molar-refractivity contribution in [3.05, 3.63) is 68.7 Å². The van der Waals surface area contributed by atoms with Gasteiger partial charge in [0.2, 0.25) is 5.89 Å². The number of rotatable bonds is 9. The Morgan fingerprint density at radius 1 is 1.16 bits per heavy atom. The van der Waals surface area contributed by atoms with Crippen LogP contribution in [0, 0.1) is 6.92 Å². The fourth-order valence-electron chi connectivity index (χ4n) is 6.02. The lowest BCUT2D eigenvalue weighted by molar-refractivity contribution is -0.153. The van der Waals surface area contributed by atoms with Gasteiger partial charge in [0.1, 0.15) is 22.9 Å². The first-order valence-electron chi connectivity index (χ1n) is 14.2. The maximum Gasteiger partial charge on any atom is 0.333 e. The number of nitrogens with zero attached hydrogens (tertiary/aromatic N) is 3. The minimum Gasteiger partial charge on any atom is -0.496 e. The molecule has 228 valence electrons. The minimum absolute atomic E-state index is 0.00448. The smallest absolute Gasteiger partial charge is 0.333 e. The highest BCUT2D eigenvalue weighted by Crippen LogP contribution is 2.38. The number of fused-ring (bicyclic) bond motifs is 1. The van der Waals surface area contributed by atoms with Gasteiger partial charge in [-0.05, 0) is 31.4 Å². The van der Waals surface area contributed by atoms with E-state index in [4.69, 9.17) is 23.4 Å². The molecule has 1 N–H and O–H groups in total. The van der Waals surface area contributed by atoms with Crippen molar-refractivity contribution in [2.24, 2.45) is 0 Å². The molecule has 0 spiro atoms. The summed E-state index contributed by atoms with van der Waals surface area (Å²) in [5.74, 6) is -0.352. The Morgan fingerprint density at radius 2 is 1.88 bits per heavy atom. The summed E-state index contributed by atoms with van der Waals surface area (Å²) < 4.78 is 31.3. The molecule has 12 nitrogen and oxygen atoms in total. The molecule has 13 heteroatoms. The highest BCUT2D eigenvalue weighted by atomic mass is 32.1. The normalized spacial score (nSPS) is 18.1. The number of aliphatic carboxylic acids is 1. The second-order valence-corrected chi connectivity index (χ2v) is 11.7. The van der Waals surface area contributed by atoms with E-state index >= 15 is 0 Å². The zero-order chi connectivity index (χ0) is 30.1. The predicted octanol–water partition coefficient (Wildman–Crippen LogP) is 3.72. The molecule has 2 saturated heterocycles. The van der Waals surface area contributed by atoms with Crippen LogP contribution in [0.5, 0.6) is 5.75 Å². The van der Waals surface area contributed by atoms with E-state index in [9.17, 15) is 19.5 Å². The summed E-state index contributed by atoms with van der Waals surface area (Å²) in [6, 6.07) is 7.43. The molecule has 3 aromatic heterocycles. The first kappa shape index (κ1) is 29.3. The van der Waals surface area contributed by atoms with E-state index in [0.29, 0.717) is 53.0 Å². The first-order valence-corrected chi connectivity index (χ1v) is 15.0. The van der Waals surface area contributed by atoms with Gasteiger partial charge in [-0.2, -0.15) is 0 Å². The van der Waals surface area contributed by atoms with E-state index in [0.717, 1.165) is 10.1 Å². The van der Waals surface area contributed by atoms with Crippen LogP contribution in [-0.4, -0.2) is 64.8 Å². The van der Waals surface area contributed by atoms with Crippen LogP contribution in [0.4, 0.5) is 0 Å². The molecule has 1 atom stereocenters. The maximum absolute atomic E-state index is 14.5. The largest absolute Gasteiger partial charge is 0.496 e. The molecule has 0 unspecified atom stereocenters. The summed E-state index contributed by atoms with van der Waals surface area (Å²) in [5.41, 5.74) is -1.86. The average molecular weight is 612 g/mol. The summed E-state index contributed by atoms with van der Waals surface area (Å²) in [6.45, 7) is 3.10. The molecule has 2 aliphatic rings. The van der Waals surface area contributed by atoms with Crippen LogP contribution < -0.4 is 16.0 Å². The van der Waals surface area contributed by atoms with Crippen molar-refractivity contribution in [3.8, 4) is 16.5 Å². The molecule has 2 fully saturated rings. The van der Waals surface area contributed by atoms with Crippen LogP contribution in [0.15, 0.2) is 50.7 Å². The molecule has 0 saturated carbocycles. The quantitative estimate of drug-likeness (QED) is 0.297. The molecule has 0 aliphatic carbocycles. The summed E-state index contributed by atoms with van der Waals surface area (Å²) in [6.07, 6.45) is 3.48. The number of thiophene rings is 1. The number of carboxylic acids is 1. The van der Waals surface area contributed by atoms with Crippen molar-refractivity contribution in [2.75, 3.05) is 33.5 Å². The molecule has 2 aliphatic heterocycles. The Labute approximate surface area is 250 Å². The topological polar surface area (TPSA) is 144 Å². The van der Waals surface area contributed by atoms with Gasteiger partial charge < -0.3 is 28.5 Å². The van der Waals surface area contributed by atoms with Gasteiger partial charge in [0, 0.05) is 44.8 Å². The van der Waals surface area contributed by atoms with E-state index in [1.165, 1.54) is 28.4 Å². The maximum atomic E-state index is 14.5. The molecule has 43 heavy (non-hydrogen) atoms. The van der Waals surface area contributed by atoms with Gasteiger partial charge >= 0.3 is 11.7 Å². The lowest BCUT2D eigenvalue weighted by Crippen LogP contribution is -2.58. The third-order valence-corrected chi connectivity index (χ3v) is 9.65. The van der Waals surface area contributed by atoms with E-state index in [1.807, 2.05) is 24.3 Å². The molecular weight excluding hydrogens is 578 g/mol. The lowest BCUT2D eigenvalue weighted by atomic mass is 9.89. The van der Waals surface area contributed by atoms with Crippen molar-refractivity contribution in [2.45, 2.75) is 56.9 Å². The standard InChI is InChI=1S/C30H33N3O9S/c1-18-23-26(34)33(30(28(35)36)9-14-40-15-10-30)29(37)32(27(23)43-24(18)25-31-11-16-41-25)17-22(42-19-7-12-39-13-8-19)20-5-3-4-6-21(20)38-2/h3-6,11,16,19,22H,7-10,12-15,17H2,1-2H3,(H,35,36)/t22-/m0/s1. The second-order valence-electron chi connectivity index (χ2n) is 10.7. The number of carbonyl (C=O) groups is 1. The zero-order valence-electron chi connectivity index (χ0n) is 23.9. The Hall–Kier alpha value is -3.78. The van der Waals surface area contributed by atoms with Crippen LogP contribution in [0.25, 0.3) is 21.0 Å². The van der Waals surface area contributed by atoms with Gasteiger partial charge in [-0.3, -0.25) is 9.36 Å². The number of aromatic nitrogens is 3. The van der Waals surface area contributed by atoms with Gasteiger partial charge in [-0.1, -0.05) is 18.2 Å². The van der Waals surface area contributed by atoms with Gasteiger partial charge in [-0.15, -0.1) is 11.3 Å². The number of benzene rings is 1. The van der Waals surface area contributed by atoms with Gasteiger partial charge in [0.25, 0.3) is 5.56 Å². The van der Waals surface area contributed by atoms with Gasteiger partial charge in [0.05, 0.1) is 36.2 Å². The fourth-order valence-corrected chi connectivity index (χ4v) is 7.27. The monoisotopic (exact) mass is 611 g/mol. The highest BCUT2D eigenvalue weighted by molar-refractivity contribution is 7.22. The van der Waals surface area contributed by atoms with Crippen molar-refractivity contribution in [1.82, 2.24) is 14.1 Å². The second kappa shape index (κ2) is 12.1. The van der Waals surface area contributed by atoms with E-state index in [2.05, 4.69) is 4.98 Å². The SMILES string of the molecule is COc1ccccc1[C@H](Cn1c(=O)n(C2(C(=O)O)CCOCC2)c(=O)c2c(C)c(-c3ncco3)sc21)OC1CCOCC1. The summed E-state index contributed by atoms with van der Waals surface area (Å²) in [4.78, 5) is 46.8. The predicted molar refractivity (Wildman–Crippen MR) is 157 cm³/mol. The molecule has 5 heterocycles. The Balaban J connectivity index is 1.60. The van der Waals surface area contributed by atoms with Gasteiger partial charge in [0.15, 0.2) is 5.54 Å². The zero-order valence-corrected chi connectivity index (χ0v) is 24.8. The van der Waals surface area contributed by atoms with Crippen LogP contribution in [0.3, 0.4) is 0 Å². The molecule has 0 amide bonds. The Morgan fingerprint density at radius 3 is 2.56 bits per heavy atom. The van der Waals surface area contributed by atoms with Crippen molar-refractivity contribution in [1.29, 1.82) is 0 Å².